The highest BCUT2D eigenvalue weighted by Gasteiger charge is 2.02. The molecule has 0 aliphatic carbocycles. The zero-order chi connectivity index (χ0) is 11.8. The van der Waals surface area contributed by atoms with Crippen LogP contribution in [0.5, 0.6) is 0 Å². The lowest BCUT2D eigenvalue weighted by Crippen LogP contribution is -2.01. The molecule has 0 aliphatic rings. The first kappa shape index (κ1) is 13.1. The normalized spacial score (nSPS) is 10.7. The lowest BCUT2D eigenvalue weighted by Gasteiger charge is -2.06. The van der Waals surface area contributed by atoms with Gasteiger partial charge in [0.05, 0.1) is 6.61 Å². The molecule has 1 aromatic carbocycles. The average molecular weight is 225 g/mol. The maximum Gasteiger partial charge on any atom is 0.129 e. The Bertz CT molecular complexity index is 315. The number of halogens is 1. The molecule has 16 heavy (non-hydrogen) atoms. The van der Waals surface area contributed by atoms with Crippen molar-refractivity contribution in [2.45, 2.75) is 39.3 Å². The van der Waals surface area contributed by atoms with Crippen LogP contribution < -0.4 is 5.73 Å². The van der Waals surface area contributed by atoms with Crippen molar-refractivity contribution in [3.8, 4) is 0 Å². The van der Waals surface area contributed by atoms with E-state index in [-0.39, 0.29) is 5.82 Å². The van der Waals surface area contributed by atoms with Crippen LogP contribution in [0, 0.1) is 5.82 Å². The molecule has 3 heteroatoms. The quantitative estimate of drug-likeness (QED) is 0.724. The average Bonchev–Trinajstić information content (AvgIpc) is 2.30. The summed E-state index contributed by atoms with van der Waals surface area (Å²) in [6.07, 6.45) is 3.37. The van der Waals surface area contributed by atoms with Crippen LogP contribution in [0.3, 0.4) is 0 Å². The Morgan fingerprint density at radius 1 is 1.31 bits per heavy atom. The van der Waals surface area contributed by atoms with Gasteiger partial charge >= 0.3 is 0 Å². The van der Waals surface area contributed by atoms with E-state index in [1.54, 1.807) is 6.07 Å². The largest absolute Gasteiger partial charge is 0.377 e. The van der Waals surface area contributed by atoms with Gasteiger partial charge in [0, 0.05) is 18.7 Å². The molecule has 1 rings (SSSR count). The highest BCUT2D eigenvalue weighted by atomic mass is 19.1. The lowest BCUT2D eigenvalue weighted by molar-refractivity contribution is 0.115. The molecule has 90 valence electrons. The molecule has 0 bridgehead atoms. The predicted molar refractivity (Wildman–Crippen MR) is 63.5 cm³/mol. The van der Waals surface area contributed by atoms with Crippen LogP contribution in [-0.4, -0.2) is 6.61 Å². The summed E-state index contributed by atoms with van der Waals surface area (Å²) in [5.41, 5.74) is 6.84. The molecule has 2 nitrogen and oxygen atoms in total. The zero-order valence-electron chi connectivity index (χ0n) is 9.84. The first-order valence-electron chi connectivity index (χ1n) is 5.83. The first-order chi connectivity index (χ1) is 7.77. The second kappa shape index (κ2) is 7.36. The highest BCUT2D eigenvalue weighted by Crippen LogP contribution is 2.11. The number of ether oxygens (including phenoxy) is 1. The van der Waals surface area contributed by atoms with Gasteiger partial charge in [-0.15, -0.1) is 0 Å². The first-order valence-corrected chi connectivity index (χ1v) is 5.83. The summed E-state index contributed by atoms with van der Waals surface area (Å²) in [5.74, 6) is -0.224. The summed E-state index contributed by atoms with van der Waals surface area (Å²) in [4.78, 5) is 0. The van der Waals surface area contributed by atoms with E-state index in [1.807, 2.05) is 6.07 Å². The van der Waals surface area contributed by atoms with Gasteiger partial charge in [-0.25, -0.2) is 4.39 Å². The van der Waals surface area contributed by atoms with Crippen molar-refractivity contribution >= 4 is 0 Å². The molecular formula is C13H20FNO. The zero-order valence-corrected chi connectivity index (χ0v) is 9.84. The minimum absolute atomic E-state index is 0.224. The molecule has 0 saturated heterocycles. The van der Waals surface area contributed by atoms with Gasteiger partial charge in [0.1, 0.15) is 5.82 Å². The molecule has 0 heterocycles. The predicted octanol–water partition coefficient (Wildman–Crippen LogP) is 2.99. The minimum atomic E-state index is -0.224. The Balaban J connectivity index is 2.36. The van der Waals surface area contributed by atoms with Crippen molar-refractivity contribution in [1.29, 1.82) is 0 Å². The van der Waals surface area contributed by atoms with Crippen LogP contribution in [0.25, 0.3) is 0 Å². The summed E-state index contributed by atoms with van der Waals surface area (Å²) >= 11 is 0. The standard InChI is InChI=1S/C13H20FNO/c1-2-3-4-7-16-10-12-6-5-11(9-15)8-13(12)14/h5-6,8H,2-4,7,9-10,15H2,1H3. The molecule has 0 aliphatic heterocycles. The fourth-order valence-electron chi connectivity index (χ4n) is 1.47. The monoisotopic (exact) mass is 225 g/mol. The molecule has 0 atom stereocenters. The van der Waals surface area contributed by atoms with Crippen LogP contribution >= 0.6 is 0 Å². The molecule has 0 spiro atoms. The summed E-state index contributed by atoms with van der Waals surface area (Å²) in [5, 5.41) is 0. The van der Waals surface area contributed by atoms with E-state index in [9.17, 15) is 4.39 Å². The van der Waals surface area contributed by atoms with E-state index < -0.39 is 0 Å². The van der Waals surface area contributed by atoms with Crippen LogP contribution in [0.4, 0.5) is 4.39 Å². The van der Waals surface area contributed by atoms with Gasteiger partial charge < -0.3 is 10.5 Å². The molecule has 0 saturated carbocycles. The fraction of sp³-hybridized carbons (Fsp3) is 0.538. The Morgan fingerprint density at radius 3 is 2.75 bits per heavy atom. The molecule has 1 aromatic rings. The molecule has 0 amide bonds. The number of benzene rings is 1. The number of unbranched alkanes of at least 4 members (excludes halogenated alkanes) is 2. The molecule has 0 radical (unpaired) electrons. The topological polar surface area (TPSA) is 35.2 Å². The molecule has 0 aromatic heterocycles. The molecule has 0 fully saturated rings. The number of hydrogen-bond donors (Lipinski definition) is 1. The smallest absolute Gasteiger partial charge is 0.129 e. The lowest BCUT2D eigenvalue weighted by atomic mass is 10.1. The summed E-state index contributed by atoms with van der Waals surface area (Å²) < 4.78 is 18.9. The molecular weight excluding hydrogens is 205 g/mol. The molecule has 0 unspecified atom stereocenters. The van der Waals surface area contributed by atoms with Gasteiger partial charge in [0.15, 0.2) is 0 Å². The fourth-order valence-corrected chi connectivity index (χ4v) is 1.47. The van der Waals surface area contributed by atoms with Crippen molar-refractivity contribution in [3.63, 3.8) is 0 Å². The Hall–Kier alpha value is -0.930. The highest BCUT2D eigenvalue weighted by molar-refractivity contribution is 5.23. The summed E-state index contributed by atoms with van der Waals surface area (Å²) in [6, 6.07) is 5.07. The van der Waals surface area contributed by atoms with Crippen molar-refractivity contribution < 1.29 is 9.13 Å². The van der Waals surface area contributed by atoms with Gasteiger partial charge in [0.2, 0.25) is 0 Å². The SMILES string of the molecule is CCCCCOCc1ccc(CN)cc1F. The summed E-state index contributed by atoms with van der Waals surface area (Å²) in [6.45, 7) is 3.56. The third-order valence-electron chi connectivity index (χ3n) is 2.50. The maximum absolute atomic E-state index is 13.5. The molecule has 2 N–H and O–H groups in total. The van der Waals surface area contributed by atoms with Crippen molar-refractivity contribution in [2.75, 3.05) is 6.61 Å². The Kier molecular flexibility index (Phi) is 6.04. The van der Waals surface area contributed by atoms with Crippen molar-refractivity contribution in [2.24, 2.45) is 5.73 Å². The number of nitrogens with two attached hydrogens (primary N) is 1. The van der Waals surface area contributed by atoms with E-state index in [4.69, 9.17) is 10.5 Å². The van der Waals surface area contributed by atoms with Crippen molar-refractivity contribution in [3.05, 3.63) is 35.1 Å². The minimum Gasteiger partial charge on any atom is -0.377 e. The van der Waals surface area contributed by atoms with Crippen molar-refractivity contribution in [1.82, 2.24) is 0 Å². The van der Waals surface area contributed by atoms with Gasteiger partial charge in [-0.05, 0) is 18.1 Å². The van der Waals surface area contributed by atoms with Crippen LogP contribution in [0.15, 0.2) is 18.2 Å². The van der Waals surface area contributed by atoms with E-state index >= 15 is 0 Å². The van der Waals surface area contributed by atoms with Gasteiger partial charge in [-0.2, -0.15) is 0 Å². The summed E-state index contributed by atoms with van der Waals surface area (Å²) in [7, 11) is 0. The van der Waals surface area contributed by atoms with Crippen LogP contribution in [-0.2, 0) is 17.9 Å². The second-order valence-electron chi connectivity index (χ2n) is 3.89. The van der Waals surface area contributed by atoms with Gasteiger partial charge in [-0.1, -0.05) is 31.9 Å². The van der Waals surface area contributed by atoms with Gasteiger partial charge in [0.25, 0.3) is 0 Å². The Labute approximate surface area is 96.6 Å². The van der Waals surface area contributed by atoms with E-state index in [0.717, 1.165) is 18.4 Å². The second-order valence-corrected chi connectivity index (χ2v) is 3.89. The van der Waals surface area contributed by atoms with Crippen LogP contribution in [0.1, 0.15) is 37.3 Å². The third kappa shape index (κ3) is 4.29. The van der Waals surface area contributed by atoms with E-state index in [1.165, 1.54) is 12.5 Å². The Morgan fingerprint density at radius 2 is 2.12 bits per heavy atom. The van der Waals surface area contributed by atoms with E-state index in [0.29, 0.717) is 25.3 Å². The van der Waals surface area contributed by atoms with Gasteiger partial charge in [-0.3, -0.25) is 0 Å². The third-order valence-corrected chi connectivity index (χ3v) is 2.50. The van der Waals surface area contributed by atoms with E-state index in [2.05, 4.69) is 6.92 Å². The van der Waals surface area contributed by atoms with Crippen LogP contribution in [0.2, 0.25) is 0 Å². The number of rotatable bonds is 7. The number of hydrogen-bond acceptors (Lipinski definition) is 2. The maximum atomic E-state index is 13.5.